The molecule has 0 radical (unpaired) electrons. The summed E-state index contributed by atoms with van der Waals surface area (Å²) in [5.74, 6) is 0.618. The van der Waals surface area contributed by atoms with Crippen molar-refractivity contribution in [2.45, 2.75) is 83.7 Å². The molecule has 0 aromatic rings. The molecule has 2 atom stereocenters. The van der Waals surface area contributed by atoms with E-state index in [9.17, 15) is 5.11 Å². The SMILES string of the molecule is C=CCCCCCCCCC(O)CC(C)CCC=C. The molecule has 0 spiro atoms. The summed E-state index contributed by atoms with van der Waals surface area (Å²) in [7, 11) is 0. The molecule has 0 saturated heterocycles. The second-order valence-electron chi connectivity index (χ2n) is 5.85. The number of hydrogen-bond donors (Lipinski definition) is 1. The lowest BCUT2D eigenvalue weighted by molar-refractivity contribution is 0.131. The van der Waals surface area contributed by atoms with Gasteiger partial charge in [-0.05, 0) is 44.4 Å². The van der Waals surface area contributed by atoms with Gasteiger partial charge in [0.1, 0.15) is 0 Å². The monoisotopic (exact) mass is 266 g/mol. The Bertz CT molecular complexity index is 210. The maximum atomic E-state index is 9.95. The lowest BCUT2D eigenvalue weighted by atomic mass is 9.95. The number of aliphatic hydroxyl groups excluding tert-OH is 1. The van der Waals surface area contributed by atoms with Gasteiger partial charge in [-0.25, -0.2) is 0 Å². The van der Waals surface area contributed by atoms with E-state index in [4.69, 9.17) is 0 Å². The summed E-state index contributed by atoms with van der Waals surface area (Å²) in [6.07, 6.45) is 16.9. The third-order valence-electron chi connectivity index (χ3n) is 3.73. The first-order valence-electron chi connectivity index (χ1n) is 8.10. The summed E-state index contributed by atoms with van der Waals surface area (Å²) in [5.41, 5.74) is 0. The molecule has 1 heteroatoms. The average Bonchev–Trinajstić information content (AvgIpc) is 2.39. The van der Waals surface area contributed by atoms with Crippen LogP contribution in [0.25, 0.3) is 0 Å². The third kappa shape index (κ3) is 13.7. The van der Waals surface area contributed by atoms with Crippen LogP contribution >= 0.6 is 0 Å². The van der Waals surface area contributed by atoms with Crippen LogP contribution in [0.1, 0.15) is 77.6 Å². The zero-order valence-corrected chi connectivity index (χ0v) is 12.9. The summed E-state index contributed by atoms with van der Waals surface area (Å²) in [6.45, 7) is 9.71. The molecule has 0 aromatic carbocycles. The molecule has 0 rings (SSSR count). The van der Waals surface area contributed by atoms with Gasteiger partial charge < -0.3 is 5.11 Å². The summed E-state index contributed by atoms with van der Waals surface area (Å²) in [5, 5.41) is 9.95. The minimum atomic E-state index is -0.0967. The molecule has 19 heavy (non-hydrogen) atoms. The van der Waals surface area contributed by atoms with Crippen molar-refractivity contribution >= 4 is 0 Å². The molecular formula is C18H34O. The summed E-state index contributed by atoms with van der Waals surface area (Å²) < 4.78 is 0. The highest BCUT2D eigenvalue weighted by atomic mass is 16.3. The smallest absolute Gasteiger partial charge is 0.0542 e. The fraction of sp³-hybridized carbons (Fsp3) is 0.778. The van der Waals surface area contributed by atoms with Crippen LogP contribution in [0.2, 0.25) is 0 Å². The van der Waals surface area contributed by atoms with Gasteiger partial charge in [-0.15, -0.1) is 13.2 Å². The molecule has 0 heterocycles. The highest BCUT2D eigenvalue weighted by Gasteiger charge is 2.09. The second kappa shape index (κ2) is 13.9. The van der Waals surface area contributed by atoms with Gasteiger partial charge >= 0.3 is 0 Å². The van der Waals surface area contributed by atoms with Crippen molar-refractivity contribution in [1.29, 1.82) is 0 Å². The second-order valence-corrected chi connectivity index (χ2v) is 5.85. The van der Waals surface area contributed by atoms with Gasteiger partial charge in [0.25, 0.3) is 0 Å². The van der Waals surface area contributed by atoms with Gasteiger partial charge in [-0.2, -0.15) is 0 Å². The van der Waals surface area contributed by atoms with E-state index in [0.717, 1.165) is 32.1 Å². The molecule has 0 aliphatic rings. The predicted octanol–water partition coefficient (Wildman–Crippen LogP) is 5.65. The molecule has 1 N–H and O–H groups in total. The van der Waals surface area contributed by atoms with E-state index in [1.54, 1.807) is 0 Å². The largest absolute Gasteiger partial charge is 0.393 e. The van der Waals surface area contributed by atoms with Crippen molar-refractivity contribution in [3.8, 4) is 0 Å². The Morgan fingerprint density at radius 1 is 0.842 bits per heavy atom. The zero-order valence-electron chi connectivity index (χ0n) is 12.9. The minimum absolute atomic E-state index is 0.0967. The Morgan fingerprint density at radius 3 is 2.05 bits per heavy atom. The van der Waals surface area contributed by atoms with Gasteiger partial charge in [0.2, 0.25) is 0 Å². The molecule has 1 nitrogen and oxygen atoms in total. The maximum Gasteiger partial charge on any atom is 0.0542 e. The van der Waals surface area contributed by atoms with Gasteiger partial charge in [-0.3, -0.25) is 0 Å². The molecule has 0 aromatic heterocycles. The number of aliphatic hydroxyl groups is 1. The fourth-order valence-corrected chi connectivity index (χ4v) is 2.48. The van der Waals surface area contributed by atoms with E-state index in [1.807, 2.05) is 12.2 Å². The van der Waals surface area contributed by atoms with Gasteiger partial charge in [0, 0.05) is 0 Å². The quantitative estimate of drug-likeness (QED) is 0.318. The van der Waals surface area contributed by atoms with Crippen LogP contribution in [0.3, 0.4) is 0 Å². The number of unbranched alkanes of at least 4 members (excludes halogenated alkanes) is 6. The van der Waals surface area contributed by atoms with Gasteiger partial charge in [-0.1, -0.05) is 51.2 Å². The van der Waals surface area contributed by atoms with Crippen LogP contribution in [0.15, 0.2) is 25.3 Å². The van der Waals surface area contributed by atoms with Gasteiger partial charge in [0.05, 0.1) is 6.10 Å². The number of rotatable bonds is 14. The van der Waals surface area contributed by atoms with Crippen molar-refractivity contribution < 1.29 is 5.11 Å². The topological polar surface area (TPSA) is 20.2 Å². The zero-order chi connectivity index (χ0) is 14.3. The van der Waals surface area contributed by atoms with E-state index >= 15 is 0 Å². The first-order chi connectivity index (χ1) is 9.20. The fourth-order valence-electron chi connectivity index (χ4n) is 2.48. The molecule has 0 bridgehead atoms. The molecule has 0 saturated carbocycles. The number of hydrogen-bond acceptors (Lipinski definition) is 1. The minimum Gasteiger partial charge on any atom is -0.393 e. The lowest BCUT2D eigenvalue weighted by Crippen LogP contribution is -2.11. The van der Waals surface area contributed by atoms with Crippen LogP contribution < -0.4 is 0 Å². The Hall–Kier alpha value is -0.560. The molecule has 0 aliphatic carbocycles. The van der Waals surface area contributed by atoms with Crippen LogP contribution in [-0.4, -0.2) is 11.2 Å². The first-order valence-corrected chi connectivity index (χ1v) is 8.10. The maximum absolute atomic E-state index is 9.95. The normalized spacial score (nSPS) is 14.0. The first kappa shape index (κ1) is 18.4. The molecular weight excluding hydrogens is 232 g/mol. The Kier molecular flexibility index (Phi) is 13.5. The van der Waals surface area contributed by atoms with Crippen molar-refractivity contribution in [3.05, 3.63) is 25.3 Å². The molecule has 112 valence electrons. The van der Waals surface area contributed by atoms with Crippen molar-refractivity contribution in [1.82, 2.24) is 0 Å². The number of allylic oxidation sites excluding steroid dienone is 2. The Morgan fingerprint density at radius 2 is 1.42 bits per heavy atom. The standard InChI is InChI=1S/C18H34O/c1-4-6-8-9-10-11-12-13-15-18(19)16-17(3)14-7-5-2/h4-5,17-19H,1-2,6-16H2,3H3. The van der Waals surface area contributed by atoms with Crippen molar-refractivity contribution in [2.75, 3.05) is 0 Å². The van der Waals surface area contributed by atoms with E-state index in [0.29, 0.717) is 5.92 Å². The van der Waals surface area contributed by atoms with Crippen LogP contribution in [-0.2, 0) is 0 Å². The van der Waals surface area contributed by atoms with Gasteiger partial charge in [0.15, 0.2) is 0 Å². The summed E-state index contributed by atoms with van der Waals surface area (Å²) in [4.78, 5) is 0. The van der Waals surface area contributed by atoms with E-state index < -0.39 is 0 Å². The van der Waals surface area contributed by atoms with Crippen molar-refractivity contribution in [2.24, 2.45) is 5.92 Å². The van der Waals surface area contributed by atoms with Crippen LogP contribution in [0.5, 0.6) is 0 Å². The van der Waals surface area contributed by atoms with Crippen molar-refractivity contribution in [3.63, 3.8) is 0 Å². The molecule has 0 amide bonds. The average molecular weight is 266 g/mol. The van der Waals surface area contributed by atoms with E-state index in [2.05, 4.69) is 20.1 Å². The third-order valence-corrected chi connectivity index (χ3v) is 3.73. The summed E-state index contributed by atoms with van der Waals surface area (Å²) in [6, 6.07) is 0. The molecule has 2 unspecified atom stereocenters. The van der Waals surface area contributed by atoms with E-state index in [1.165, 1.54) is 38.5 Å². The van der Waals surface area contributed by atoms with E-state index in [-0.39, 0.29) is 6.10 Å². The Labute approximate surface area is 120 Å². The summed E-state index contributed by atoms with van der Waals surface area (Å²) >= 11 is 0. The molecule has 0 fully saturated rings. The Balaban J connectivity index is 3.30. The highest BCUT2D eigenvalue weighted by molar-refractivity contribution is 4.70. The molecule has 0 aliphatic heterocycles. The predicted molar refractivity (Wildman–Crippen MR) is 86.4 cm³/mol. The van der Waals surface area contributed by atoms with Crippen LogP contribution in [0, 0.1) is 5.92 Å². The van der Waals surface area contributed by atoms with Crippen LogP contribution in [0.4, 0.5) is 0 Å². The highest BCUT2D eigenvalue weighted by Crippen LogP contribution is 2.17. The lowest BCUT2D eigenvalue weighted by Gasteiger charge is -2.15.